The molecule has 0 amide bonds. The average Bonchev–Trinajstić information content (AvgIpc) is 3.56. The summed E-state index contributed by atoms with van der Waals surface area (Å²) in [6.07, 6.45) is 13.7. The molecule has 0 atom stereocenters. The molecule has 63 heavy (non-hydrogen) atoms. The molecular weight excluding hydrogens is 977 g/mol. The van der Waals surface area contributed by atoms with E-state index in [0.29, 0.717) is 5.92 Å². The first-order valence-electron chi connectivity index (χ1n) is 22.9. The quantitative estimate of drug-likeness (QED) is 0.0814. The number of thiophene rings is 1. The summed E-state index contributed by atoms with van der Waals surface area (Å²) in [6, 6.07) is 31.8. The van der Waals surface area contributed by atoms with Crippen LogP contribution in [0.3, 0.4) is 0 Å². The third-order valence-electron chi connectivity index (χ3n) is 13.1. The summed E-state index contributed by atoms with van der Waals surface area (Å²) >= 11 is 1.85. The standard InChI is InChI=1S/C33H34NS.C25H36NSi.Ir/c1-21(2)15-23-13-14-34(7)30(17-23)28-20-29-27-12-11-25(19-32(27)35-31(29)16-22(28)3)24-9-8-10-26(18-24)33(4,5)6;1-18-13-20(3)23(14-19(18)2)24-16-22(15-21-11-9-8-10-12-21)25(17-26(24)4)27(5,6)7;/h8-14,16-21H,3,7,15H2,1-2,4-6H3;13-14,16-17,21H,3-4,8-12,15H2,1-2,5-7H3;/q2*-1;. The van der Waals surface area contributed by atoms with E-state index in [1.165, 1.54) is 103 Å². The van der Waals surface area contributed by atoms with Crippen LogP contribution in [0.2, 0.25) is 19.6 Å². The number of aryl methyl sites for hydroxylation is 2. The van der Waals surface area contributed by atoms with Gasteiger partial charge >= 0.3 is 0 Å². The second-order valence-electron chi connectivity index (χ2n) is 20.8. The zero-order valence-corrected chi connectivity index (χ0v) is 44.0. The first kappa shape index (κ1) is 48.2. The van der Waals surface area contributed by atoms with Gasteiger partial charge in [0.2, 0.25) is 0 Å². The van der Waals surface area contributed by atoms with Crippen LogP contribution in [0.15, 0.2) is 97.3 Å². The maximum atomic E-state index is 4.41. The van der Waals surface area contributed by atoms with Crippen molar-refractivity contribution >= 4 is 44.8 Å². The van der Waals surface area contributed by atoms with Crippen LogP contribution in [0.4, 0.5) is 0 Å². The number of fused-ring (bicyclic) bond motifs is 3. The van der Waals surface area contributed by atoms with Gasteiger partial charge in [0.1, 0.15) is 0 Å². The van der Waals surface area contributed by atoms with Gasteiger partial charge in [-0.3, -0.25) is 0 Å². The van der Waals surface area contributed by atoms with E-state index in [4.69, 9.17) is 0 Å². The SMILES string of the molecule is [CH2-]c1cc(C)c(C)cc1-c1cc(CC2CCCCC2)c([Si](C)(C)C)c[n+]1[CH2-].[CH2-]c1cc2sc3cc(-c4cccc(C(C)(C)C)c4)ccc3c2cc1-c1cc(CC(C)C)cc[n+]1[CH2-].[Ir]. The van der Waals surface area contributed by atoms with E-state index in [1.807, 2.05) is 15.9 Å². The van der Waals surface area contributed by atoms with Crippen LogP contribution in [-0.4, -0.2) is 8.07 Å². The molecule has 0 N–H and O–H groups in total. The van der Waals surface area contributed by atoms with Gasteiger partial charge in [0, 0.05) is 38.9 Å². The molecule has 0 aliphatic heterocycles. The van der Waals surface area contributed by atoms with Crippen LogP contribution in [-0.2, 0) is 38.4 Å². The zero-order valence-electron chi connectivity index (χ0n) is 39.8. The zero-order chi connectivity index (χ0) is 44.7. The Morgan fingerprint density at radius 2 is 1.35 bits per heavy atom. The first-order valence-corrected chi connectivity index (χ1v) is 27.2. The molecule has 4 aromatic carbocycles. The smallest absolute Gasteiger partial charge is 0.0709 e. The Kier molecular flexibility index (Phi) is 14.9. The van der Waals surface area contributed by atoms with Crippen molar-refractivity contribution in [3.8, 4) is 33.6 Å². The van der Waals surface area contributed by atoms with Gasteiger partial charge in [-0.2, -0.15) is 31.0 Å². The predicted molar refractivity (Wildman–Crippen MR) is 273 cm³/mol. The molecule has 7 aromatic rings. The van der Waals surface area contributed by atoms with E-state index in [9.17, 15) is 0 Å². The molecule has 0 saturated heterocycles. The fourth-order valence-corrected chi connectivity index (χ4v) is 12.3. The minimum Gasteiger partial charge on any atom is -0.343 e. The average molecular weight is 1050 g/mol. The number of hydrogen-bond acceptors (Lipinski definition) is 1. The van der Waals surface area contributed by atoms with Crippen LogP contribution < -0.4 is 14.3 Å². The third-order valence-corrected chi connectivity index (χ3v) is 16.2. The molecular formula is C58H70IrN2SSi-2. The fraction of sp³-hybridized carbons (Fsp3) is 0.345. The van der Waals surface area contributed by atoms with Gasteiger partial charge < -0.3 is 9.13 Å². The second kappa shape index (κ2) is 19.5. The van der Waals surface area contributed by atoms with E-state index in [-0.39, 0.29) is 25.5 Å². The normalized spacial score (nSPS) is 13.6. The number of nitrogens with zero attached hydrogens (tertiary/aromatic N) is 2. The van der Waals surface area contributed by atoms with E-state index >= 15 is 0 Å². The molecule has 1 fully saturated rings. The predicted octanol–water partition coefficient (Wildman–Crippen LogP) is 14.7. The maximum Gasteiger partial charge on any atom is 0.0709 e. The van der Waals surface area contributed by atoms with Crippen LogP contribution in [0.5, 0.6) is 0 Å². The molecule has 2 nitrogen and oxygen atoms in total. The Balaban J connectivity index is 0.000000214. The van der Waals surface area contributed by atoms with Crippen molar-refractivity contribution in [1.82, 2.24) is 0 Å². The van der Waals surface area contributed by atoms with Crippen LogP contribution >= 0.6 is 11.3 Å². The molecule has 333 valence electrons. The van der Waals surface area contributed by atoms with Crippen molar-refractivity contribution in [1.29, 1.82) is 0 Å². The maximum absolute atomic E-state index is 4.41. The van der Waals surface area contributed by atoms with Gasteiger partial charge in [-0.1, -0.05) is 165 Å². The number of hydrogen-bond donors (Lipinski definition) is 0. The van der Waals surface area contributed by atoms with Gasteiger partial charge in [0.25, 0.3) is 0 Å². The molecule has 1 aliphatic carbocycles. The Bertz CT molecular complexity index is 2740. The van der Waals surface area contributed by atoms with Gasteiger partial charge in [-0.25, -0.2) is 0 Å². The van der Waals surface area contributed by atoms with Gasteiger partial charge in [-0.15, -0.1) is 46.2 Å². The topological polar surface area (TPSA) is 7.76 Å². The first-order chi connectivity index (χ1) is 29.3. The van der Waals surface area contributed by atoms with E-state index in [2.05, 4.69) is 198 Å². The van der Waals surface area contributed by atoms with Crippen LogP contribution in [0, 0.1) is 53.6 Å². The van der Waals surface area contributed by atoms with Gasteiger partial charge in [-0.05, 0) is 80.4 Å². The number of rotatable bonds is 8. The Morgan fingerprint density at radius 3 is 2.03 bits per heavy atom. The fourth-order valence-electron chi connectivity index (χ4n) is 9.38. The van der Waals surface area contributed by atoms with Gasteiger partial charge in [0.05, 0.1) is 31.9 Å². The molecule has 5 heteroatoms. The number of pyridine rings is 2. The summed E-state index contributed by atoms with van der Waals surface area (Å²) in [5.74, 6) is 1.46. The van der Waals surface area contributed by atoms with Crippen molar-refractivity contribution in [3.63, 3.8) is 0 Å². The summed E-state index contributed by atoms with van der Waals surface area (Å²) in [5.41, 5.74) is 16.4. The summed E-state index contributed by atoms with van der Waals surface area (Å²) in [4.78, 5) is 0. The summed E-state index contributed by atoms with van der Waals surface area (Å²) in [7, 11) is 7.18. The molecule has 3 aromatic heterocycles. The third kappa shape index (κ3) is 11.0. The minimum absolute atomic E-state index is 0. The molecule has 0 spiro atoms. The number of aromatic nitrogens is 2. The van der Waals surface area contributed by atoms with Crippen molar-refractivity contribution < 1.29 is 29.2 Å². The Hall–Kier alpha value is -4.25. The second-order valence-corrected chi connectivity index (χ2v) is 26.9. The van der Waals surface area contributed by atoms with Crippen LogP contribution in [0.1, 0.15) is 106 Å². The van der Waals surface area contributed by atoms with Crippen molar-refractivity contribution in [2.45, 2.75) is 118 Å². The van der Waals surface area contributed by atoms with Crippen molar-refractivity contribution in [2.24, 2.45) is 11.8 Å². The van der Waals surface area contributed by atoms with Crippen molar-refractivity contribution in [2.75, 3.05) is 0 Å². The van der Waals surface area contributed by atoms with E-state index in [1.54, 1.807) is 10.8 Å². The molecule has 0 unspecified atom stereocenters. The summed E-state index contributed by atoms with van der Waals surface area (Å²) in [5, 5.41) is 4.16. The Morgan fingerprint density at radius 1 is 0.714 bits per heavy atom. The summed E-state index contributed by atoms with van der Waals surface area (Å²) in [6.45, 7) is 31.8. The molecule has 1 aliphatic rings. The van der Waals surface area contributed by atoms with E-state index in [0.717, 1.165) is 34.7 Å². The Labute approximate surface area is 399 Å². The monoisotopic (exact) mass is 1050 g/mol. The molecule has 1 radical (unpaired) electrons. The largest absolute Gasteiger partial charge is 0.343 e. The van der Waals surface area contributed by atoms with Crippen molar-refractivity contribution in [3.05, 3.63) is 164 Å². The summed E-state index contributed by atoms with van der Waals surface area (Å²) < 4.78 is 6.65. The number of benzene rings is 4. The van der Waals surface area contributed by atoms with Gasteiger partial charge in [0.15, 0.2) is 0 Å². The molecule has 8 rings (SSSR count). The molecule has 1 saturated carbocycles. The molecule has 3 heterocycles. The molecule has 0 bridgehead atoms. The minimum atomic E-state index is -1.43. The van der Waals surface area contributed by atoms with Crippen LogP contribution in [0.25, 0.3) is 53.8 Å². The van der Waals surface area contributed by atoms with E-state index < -0.39 is 8.07 Å².